The van der Waals surface area contributed by atoms with Gasteiger partial charge in [-0.1, -0.05) is 25.8 Å². The molecule has 3 heteroatoms. The van der Waals surface area contributed by atoms with Crippen molar-refractivity contribution in [1.82, 2.24) is 0 Å². The van der Waals surface area contributed by atoms with Gasteiger partial charge in [0.25, 0.3) is 0 Å². The lowest BCUT2D eigenvalue weighted by molar-refractivity contribution is -0.153. The Morgan fingerprint density at radius 1 is 1.44 bits per heavy atom. The maximum atomic E-state index is 11.8. The summed E-state index contributed by atoms with van der Waals surface area (Å²) < 4.78 is 10.7. The normalized spacial score (nSPS) is 35.7. The van der Waals surface area contributed by atoms with Crippen molar-refractivity contribution in [1.29, 1.82) is 0 Å². The number of carbonyl (C=O) groups excluding carboxylic acids is 1. The predicted molar refractivity (Wildman–Crippen MR) is 66.7 cm³/mol. The Labute approximate surface area is 107 Å². The van der Waals surface area contributed by atoms with Crippen LogP contribution >= 0.6 is 0 Å². The van der Waals surface area contributed by atoms with Crippen molar-refractivity contribution < 1.29 is 13.9 Å². The minimum absolute atomic E-state index is 0.0740. The molecule has 0 radical (unpaired) electrons. The second-order valence-electron chi connectivity index (χ2n) is 5.68. The molecule has 96 valence electrons. The Bertz CT molecular complexity index is 486. The third kappa shape index (κ3) is 1.61. The van der Waals surface area contributed by atoms with Crippen LogP contribution in [-0.2, 0) is 9.53 Å². The van der Waals surface area contributed by atoms with Crippen LogP contribution in [0, 0.1) is 11.3 Å². The topological polar surface area (TPSA) is 39.4 Å². The zero-order valence-electron chi connectivity index (χ0n) is 10.8. The second-order valence-corrected chi connectivity index (χ2v) is 5.68. The highest BCUT2D eigenvalue weighted by Crippen LogP contribution is 2.54. The van der Waals surface area contributed by atoms with Crippen molar-refractivity contribution in [2.45, 2.75) is 39.2 Å². The van der Waals surface area contributed by atoms with Gasteiger partial charge < -0.3 is 9.15 Å². The molecule has 0 bridgehead atoms. The van der Waals surface area contributed by atoms with Gasteiger partial charge in [-0.25, -0.2) is 4.79 Å². The summed E-state index contributed by atoms with van der Waals surface area (Å²) in [5.41, 5.74) is 2.14. The predicted octanol–water partition coefficient (Wildman–Crippen LogP) is 3.63. The molecule has 1 fully saturated rings. The molecule has 1 aromatic heterocycles. The zero-order valence-corrected chi connectivity index (χ0v) is 10.8. The Balaban J connectivity index is 2.06. The van der Waals surface area contributed by atoms with Crippen molar-refractivity contribution in [2.24, 2.45) is 11.3 Å². The molecular weight excluding hydrogens is 228 g/mol. The number of rotatable bonds is 1. The van der Waals surface area contributed by atoms with Crippen LogP contribution in [0.5, 0.6) is 0 Å². The minimum atomic E-state index is -0.220. The Kier molecular flexibility index (Phi) is 2.58. The van der Waals surface area contributed by atoms with E-state index in [0.717, 1.165) is 18.4 Å². The number of fused-ring (bicyclic) bond motifs is 1. The number of cyclic esters (lactones) is 1. The first-order chi connectivity index (χ1) is 8.61. The molecule has 1 aliphatic heterocycles. The van der Waals surface area contributed by atoms with E-state index in [4.69, 9.17) is 9.15 Å². The molecule has 2 unspecified atom stereocenters. The summed E-state index contributed by atoms with van der Waals surface area (Å²) in [6.45, 7) is 4.41. The van der Waals surface area contributed by atoms with Crippen LogP contribution in [0.4, 0.5) is 0 Å². The maximum absolute atomic E-state index is 11.8. The van der Waals surface area contributed by atoms with Gasteiger partial charge >= 0.3 is 5.97 Å². The van der Waals surface area contributed by atoms with Crippen molar-refractivity contribution in [3.63, 3.8) is 0 Å². The average Bonchev–Trinajstić information content (AvgIpc) is 2.84. The van der Waals surface area contributed by atoms with E-state index < -0.39 is 0 Å². The highest BCUT2D eigenvalue weighted by Gasteiger charge is 2.47. The van der Waals surface area contributed by atoms with E-state index in [-0.39, 0.29) is 17.5 Å². The van der Waals surface area contributed by atoms with Crippen LogP contribution in [0.15, 0.2) is 34.7 Å². The fourth-order valence-corrected chi connectivity index (χ4v) is 3.50. The Hall–Kier alpha value is -1.51. The van der Waals surface area contributed by atoms with E-state index in [1.807, 2.05) is 6.07 Å². The summed E-state index contributed by atoms with van der Waals surface area (Å²) in [5.74, 6) is 0.244. The van der Waals surface area contributed by atoms with Crippen LogP contribution in [0.1, 0.15) is 44.8 Å². The summed E-state index contributed by atoms with van der Waals surface area (Å²) in [6, 6.07) is 1.89. The van der Waals surface area contributed by atoms with E-state index in [1.165, 1.54) is 12.0 Å². The van der Waals surface area contributed by atoms with Gasteiger partial charge in [-0.3, -0.25) is 0 Å². The molecule has 1 aliphatic carbocycles. The highest BCUT2D eigenvalue weighted by molar-refractivity contribution is 5.84. The van der Waals surface area contributed by atoms with E-state index in [9.17, 15) is 4.79 Å². The van der Waals surface area contributed by atoms with Crippen molar-refractivity contribution in [3.8, 4) is 0 Å². The number of furan rings is 1. The highest BCUT2D eigenvalue weighted by atomic mass is 16.5. The summed E-state index contributed by atoms with van der Waals surface area (Å²) in [7, 11) is 0. The monoisotopic (exact) mass is 246 g/mol. The zero-order chi connectivity index (χ0) is 12.8. The number of ether oxygens (including phenoxy) is 1. The van der Waals surface area contributed by atoms with Crippen LogP contribution in [0.3, 0.4) is 0 Å². The third-order valence-electron chi connectivity index (χ3n) is 4.46. The lowest BCUT2D eigenvalue weighted by Crippen LogP contribution is -2.39. The molecule has 18 heavy (non-hydrogen) atoms. The lowest BCUT2D eigenvalue weighted by Gasteiger charge is -2.46. The molecule has 1 aromatic rings. The second kappa shape index (κ2) is 4.01. The number of carbonyl (C=O) groups is 1. The van der Waals surface area contributed by atoms with E-state index in [1.54, 1.807) is 18.6 Å². The van der Waals surface area contributed by atoms with Gasteiger partial charge in [-0.05, 0) is 24.8 Å². The summed E-state index contributed by atoms with van der Waals surface area (Å²) in [6.07, 6.45) is 8.23. The summed E-state index contributed by atoms with van der Waals surface area (Å²) in [5, 5.41) is 0. The molecule has 0 aromatic carbocycles. The first-order valence-electron chi connectivity index (χ1n) is 6.56. The molecule has 3 atom stereocenters. The molecule has 1 saturated carbocycles. The molecule has 0 N–H and O–H groups in total. The smallest absolute Gasteiger partial charge is 0.331 e. The van der Waals surface area contributed by atoms with E-state index in [0.29, 0.717) is 5.92 Å². The fraction of sp³-hybridized carbons (Fsp3) is 0.533. The molecular formula is C15H18O3. The molecule has 0 amide bonds. The third-order valence-corrected chi connectivity index (χ3v) is 4.46. The molecule has 3 nitrogen and oxygen atoms in total. The lowest BCUT2D eigenvalue weighted by atomic mass is 9.62. The molecule has 0 saturated heterocycles. The molecule has 0 spiro atoms. The van der Waals surface area contributed by atoms with Gasteiger partial charge in [0, 0.05) is 17.1 Å². The van der Waals surface area contributed by atoms with Gasteiger partial charge in [-0.15, -0.1) is 0 Å². The number of hydrogen-bond donors (Lipinski definition) is 0. The standard InChI is InChI=1S/C15H18O3/c1-10-4-3-6-15(2)12(10)8-13(16)18-14(15)11-5-7-17-9-11/h5,7-10,14H,3-4,6H2,1-2H3/t10?,14?,15-/m1/s1. The Morgan fingerprint density at radius 3 is 3.00 bits per heavy atom. The van der Waals surface area contributed by atoms with Gasteiger partial charge in [0.15, 0.2) is 0 Å². The van der Waals surface area contributed by atoms with Crippen LogP contribution in [0.25, 0.3) is 0 Å². The molecule has 2 aliphatic rings. The van der Waals surface area contributed by atoms with E-state index >= 15 is 0 Å². The quantitative estimate of drug-likeness (QED) is 0.710. The van der Waals surface area contributed by atoms with Crippen molar-refractivity contribution in [2.75, 3.05) is 0 Å². The van der Waals surface area contributed by atoms with Crippen LogP contribution in [0.2, 0.25) is 0 Å². The van der Waals surface area contributed by atoms with Gasteiger partial charge in [0.05, 0.1) is 12.5 Å². The Morgan fingerprint density at radius 2 is 2.28 bits per heavy atom. The van der Waals surface area contributed by atoms with Gasteiger partial charge in [-0.2, -0.15) is 0 Å². The first kappa shape index (κ1) is 11.6. The molecule has 2 heterocycles. The largest absolute Gasteiger partial charge is 0.472 e. The first-order valence-corrected chi connectivity index (χ1v) is 6.56. The fourth-order valence-electron chi connectivity index (χ4n) is 3.50. The average molecular weight is 246 g/mol. The van der Waals surface area contributed by atoms with Gasteiger partial charge in [0.2, 0.25) is 0 Å². The van der Waals surface area contributed by atoms with Crippen molar-refractivity contribution >= 4 is 5.97 Å². The van der Waals surface area contributed by atoms with Gasteiger partial charge in [0.1, 0.15) is 6.10 Å². The molecule has 3 rings (SSSR count). The summed E-state index contributed by atoms with van der Waals surface area (Å²) in [4.78, 5) is 11.8. The maximum Gasteiger partial charge on any atom is 0.331 e. The number of hydrogen-bond acceptors (Lipinski definition) is 3. The van der Waals surface area contributed by atoms with Crippen LogP contribution in [-0.4, -0.2) is 5.97 Å². The minimum Gasteiger partial charge on any atom is -0.472 e. The number of esters is 1. The summed E-state index contributed by atoms with van der Waals surface area (Å²) >= 11 is 0. The van der Waals surface area contributed by atoms with E-state index in [2.05, 4.69) is 13.8 Å². The van der Waals surface area contributed by atoms with Crippen molar-refractivity contribution in [3.05, 3.63) is 35.8 Å². The van der Waals surface area contributed by atoms with Crippen LogP contribution < -0.4 is 0 Å². The SMILES string of the molecule is CC1CCC[C@]2(C)C1=CC(=O)OC2c1ccoc1.